The van der Waals surface area contributed by atoms with Crippen molar-refractivity contribution in [2.75, 3.05) is 6.61 Å². The average Bonchev–Trinajstić information content (AvgIpc) is 3.24. The van der Waals surface area contributed by atoms with Crippen LogP contribution in [-0.2, 0) is 20.0 Å². The maximum atomic E-state index is 12.7. The Labute approximate surface area is 151 Å². The van der Waals surface area contributed by atoms with Gasteiger partial charge in [-0.2, -0.15) is 5.10 Å². The van der Waals surface area contributed by atoms with E-state index in [-0.39, 0.29) is 18.6 Å². The minimum atomic E-state index is -0.306. The fraction of sp³-hybridized carbons (Fsp3) is 0.333. The Morgan fingerprint density at radius 1 is 1.31 bits per heavy atom. The molecule has 0 aliphatic carbocycles. The van der Waals surface area contributed by atoms with Crippen molar-refractivity contribution in [1.82, 2.24) is 30.1 Å². The monoisotopic (exact) mass is 354 g/mol. The number of carbonyl (C=O) groups is 1. The van der Waals surface area contributed by atoms with Gasteiger partial charge in [0.1, 0.15) is 5.69 Å². The first-order valence-electron chi connectivity index (χ1n) is 8.45. The molecule has 1 amide bonds. The number of amides is 1. The highest BCUT2D eigenvalue weighted by atomic mass is 16.3. The summed E-state index contributed by atoms with van der Waals surface area (Å²) < 4.78 is 3.27. The molecule has 0 fully saturated rings. The highest BCUT2D eigenvalue weighted by molar-refractivity contribution is 5.95. The Morgan fingerprint density at radius 2 is 2.08 bits per heavy atom. The predicted octanol–water partition coefficient (Wildman–Crippen LogP) is 1.09. The number of hydrogen-bond acceptors (Lipinski definition) is 5. The standard InChI is InChI=1S/C18H22N6O2/c1-13(16-12-24(8-9-25)22-21-16)20-18(26)15-11-19-23(2)17(15)10-14-6-4-3-5-7-14/h3-7,11-13,25H,8-10H2,1-2H3,(H,20,26). The van der Waals surface area contributed by atoms with Crippen molar-refractivity contribution < 1.29 is 9.90 Å². The molecule has 0 bridgehead atoms. The number of aryl methyl sites for hydroxylation is 1. The quantitative estimate of drug-likeness (QED) is 0.662. The van der Waals surface area contributed by atoms with E-state index in [9.17, 15) is 4.79 Å². The van der Waals surface area contributed by atoms with Crippen LogP contribution in [0.3, 0.4) is 0 Å². The zero-order valence-electron chi connectivity index (χ0n) is 14.8. The lowest BCUT2D eigenvalue weighted by molar-refractivity contribution is 0.0938. The van der Waals surface area contributed by atoms with E-state index in [2.05, 4.69) is 20.7 Å². The highest BCUT2D eigenvalue weighted by Gasteiger charge is 2.20. The van der Waals surface area contributed by atoms with Crippen LogP contribution in [-0.4, -0.2) is 42.4 Å². The van der Waals surface area contributed by atoms with Crippen molar-refractivity contribution >= 4 is 5.91 Å². The minimum Gasteiger partial charge on any atom is -0.394 e. The zero-order chi connectivity index (χ0) is 18.5. The van der Waals surface area contributed by atoms with Crippen LogP contribution in [0.2, 0.25) is 0 Å². The summed E-state index contributed by atoms with van der Waals surface area (Å²) in [5.41, 5.74) is 3.15. The Balaban J connectivity index is 1.73. The molecule has 26 heavy (non-hydrogen) atoms. The van der Waals surface area contributed by atoms with E-state index >= 15 is 0 Å². The summed E-state index contributed by atoms with van der Waals surface area (Å²) in [7, 11) is 1.83. The molecular formula is C18H22N6O2. The third kappa shape index (κ3) is 3.97. The molecule has 2 heterocycles. The van der Waals surface area contributed by atoms with E-state index in [0.717, 1.165) is 11.3 Å². The number of aliphatic hydroxyl groups is 1. The summed E-state index contributed by atoms with van der Waals surface area (Å²) in [4.78, 5) is 12.7. The summed E-state index contributed by atoms with van der Waals surface area (Å²) in [6.07, 6.45) is 3.93. The van der Waals surface area contributed by atoms with Crippen LogP contribution in [0.1, 0.15) is 40.3 Å². The molecule has 0 aliphatic heterocycles. The van der Waals surface area contributed by atoms with Gasteiger partial charge in [0.25, 0.3) is 5.91 Å². The van der Waals surface area contributed by atoms with Crippen LogP contribution in [0.4, 0.5) is 0 Å². The van der Waals surface area contributed by atoms with E-state index in [4.69, 9.17) is 5.11 Å². The summed E-state index contributed by atoms with van der Waals surface area (Å²) >= 11 is 0. The molecule has 1 atom stereocenters. The van der Waals surface area contributed by atoms with Crippen molar-refractivity contribution in [3.05, 3.63) is 65.2 Å². The highest BCUT2D eigenvalue weighted by Crippen LogP contribution is 2.16. The number of aliphatic hydroxyl groups excluding tert-OH is 1. The first-order valence-corrected chi connectivity index (χ1v) is 8.45. The fourth-order valence-electron chi connectivity index (χ4n) is 2.72. The van der Waals surface area contributed by atoms with Gasteiger partial charge in [0, 0.05) is 13.5 Å². The number of benzene rings is 1. The smallest absolute Gasteiger partial charge is 0.255 e. The Hall–Kier alpha value is -3.00. The van der Waals surface area contributed by atoms with Crippen molar-refractivity contribution in [3.8, 4) is 0 Å². The molecule has 2 aromatic heterocycles. The van der Waals surface area contributed by atoms with Crippen LogP contribution in [0.5, 0.6) is 0 Å². The van der Waals surface area contributed by atoms with Crippen LogP contribution >= 0.6 is 0 Å². The first kappa shape index (κ1) is 17.8. The molecule has 1 unspecified atom stereocenters. The van der Waals surface area contributed by atoms with Gasteiger partial charge in [-0.25, -0.2) is 4.68 Å². The molecule has 0 saturated carbocycles. The largest absolute Gasteiger partial charge is 0.394 e. The van der Waals surface area contributed by atoms with E-state index < -0.39 is 0 Å². The van der Waals surface area contributed by atoms with Crippen molar-refractivity contribution in [2.24, 2.45) is 7.05 Å². The van der Waals surface area contributed by atoms with Gasteiger partial charge in [-0.1, -0.05) is 35.5 Å². The van der Waals surface area contributed by atoms with Gasteiger partial charge in [-0.05, 0) is 12.5 Å². The summed E-state index contributed by atoms with van der Waals surface area (Å²) in [6.45, 7) is 2.21. The van der Waals surface area contributed by atoms with E-state index in [0.29, 0.717) is 24.2 Å². The Bertz CT molecular complexity index is 871. The van der Waals surface area contributed by atoms with Crippen molar-refractivity contribution in [2.45, 2.75) is 25.9 Å². The second-order valence-electron chi connectivity index (χ2n) is 6.12. The van der Waals surface area contributed by atoms with Crippen molar-refractivity contribution in [1.29, 1.82) is 0 Å². The Morgan fingerprint density at radius 3 is 2.81 bits per heavy atom. The number of hydrogen-bond donors (Lipinski definition) is 2. The van der Waals surface area contributed by atoms with Crippen LogP contribution in [0.15, 0.2) is 42.7 Å². The summed E-state index contributed by atoms with van der Waals surface area (Å²) in [5.74, 6) is -0.201. The number of nitrogens with one attached hydrogen (secondary N) is 1. The minimum absolute atomic E-state index is 0.0118. The SMILES string of the molecule is CC(NC(=O)c1cnn(C)c1Cc1ccccc1)c1cn(CCO)nn1. The summed E-state index contributed by atoms with van der Waals surface area (Å²) in [5, 5.41) is 24.1. The maximum absolute atomic E-state index is 12.7. The molecule has 0 radical (unpaired) electrons. The lowest BCUT2D eigenvalue weighted by Gasteiger charge is -2.12. The lowest BCUT2D eigenvalue weighted by atomic mass is 10.1. The molecule has 3 aromatic rings. The molecule has 3 rings (SSSR count). The third-order valence-electron chi connectivity index (χ3n) is 4.20. The molecular weight excluding hydrogens is 332 g/mol. The van der Waals surface area contributed by atoms with Crippen LogP contribution < -0.4 is 5.32 Å². The number of rotatable bonds is 7. The molecule has 8 nitrogen and oxygen atoms in total. The molecule has 0 aliphatic rings. The molecule has 0 saturated heterocycles. The van der Waals surface area contributed by atoms with Gasteiger partial charge in [0.05, 0.1) is 42.8 Å². The summed E-state index contributed by atoms with van der Waals surface area (Å²) in [6, 6.07) is 9.66. The molecule has 136 valence electrons. The van der Waals surface area contributed by atoms with E-state index in [1.807, 2.05) is 44.3 Å². The molecule has 2 N–H and O–H groups in total. The molecule has 8 heteroatoms. The van der Waals surface area contributed by atoms with Crippen molar-refractivity contribution in [3.63, 3.8) is 0 Å². The van der Waals surface area contributed by atoms with Crippen LogP contribution in [0, 0.1) is 0 Å². The average molecular weight is 354 g/mol. The van der Waals surface area contributed by atoms with Gasteiger partial charge in [-0.15, -0.1) is 5.10 Å². The van der Waals surface area contributed by atoms with Gasteiger partial charge < -0.3 is 10.4 Å². The van der Waals surface area contributed by atoms with Gasteiger partial charge >= 0.3 is 0 Å². The van der Waals surface area contributed by atoms with E-state index in [1.54, 1.807) is 21.8 Å². The topological polar surface area (TPSA) is 97.9 Å². The lowest BCUT2D eigenvalue weighted by Crippen LogP contribution is -2.27. The zero-order valence-corrected chi connectivity index (χ0v) is 14.8. The fourth-order valence-corrected chi connectivity index (χ4v) is 2.72. The first-order chi connectivity index (χ1) is 12.6. The van der Waals surface area contributed by atoms with E-state index in [1.165, 1.54) is 0 Å². The van der Waals surface area contributed by atoms with Gasteiger partial charge in [-0.3, -0.25) is 9.48 Å². The third-order valence-corrected chi connectivity index (χ3v) is 4.20. The number of aromatic nitrogens is 5. The normalized spacial score (nSPS) is 12.1. The van der Waals surface area contributed by atoms with Gasteiger partial charge in [0.15, 0.2) is 0 Å². The van der Waals surface area contributed by atoms with Crippen LogP contribution in [0.25, 0.3) is 0 Å². The number of nitrogens with zero attached hydrogens (tertiary/aromatic N) is 5. The maximum Gasteiger partial charge on any atom is 0.255 e. The predicted molar refractivity (Wildman–Crippen MR) is 95.4 cm³/mol. The second kappa shape index (κ2) is 7.92. The molecule has 1 aromatic carbocycles. The number of carbonyl (C=O) groups excluding carboxylic acids is 1. The molecule has 0 spiro atoms. The van der Waals surface area contributed by atoms with Gasteiger partial charge in [0.2, 0.25) is 0 Å². The Kier molecular flexibility index (Phi) is 5.43. The second-order valence-corrected chi connectivity index (χ2v) is 6.12.